The molecule has 0 fully saturated rings. The zero-order chi connectivity index (χ0) is 15.5. The molecule has 0 aliphatic rings. The van der Waals surface area contributed by atoms with E-state index in [-0.39, 0.29) is 11.0 Å². The van der Waals surface area contributed by atoms with Gasteiger partial charge in [-0.1, -0.05) is 41.9 Å². The van der Waals surface area contributed by atoms with Gasteiger partial charge in [0, 0.05) is 15.5 Å². The molecule has 1 atom stereocenters. The Morgan fingerprint density at radius 1 is 0.955 bits per heavy atom. The molecule has 3 aromatic rings. The van der Waals surface area contributed by atoms with Gasteiger partial charge < -0.3 is 0 Å². The fourth-order valence-electron chi connectivity index (χ4n) is 2.35. The lowest BCUT2D eigenvalue weighted by atomic mass is 10.1. The number of Topliss-reactive ketones (excluding diaryl/α,β-unsaturated/α-hetero) is 1. The van der Waals surface area contributed by atoms with E-state index in [1.807, 2.05) is 19.1 Å². The number of carbonyl (C=O) groups excluding carboxylic acids is 1. The zero-order valence-electron chi connectivity index (χ0n) is 12.1. The molecule has 0 saturated carbocycles. The minimum absolute atomic E-state index is 0.120. The van der Waals surface area contributed by atoms with Crippen molar-refractivity contribution >= 4 is 39.9 Å². The van der Waals surface area contributed by atoms with Crippen molar-refractivity contribution in [2.45, 2.75) is 17.1 Å². The molecular formula is C19H15ClOS. The SMILES string of the molecule is C[C@@H](Sc1ccc2ccccc2c1)C(=O)c1ccc(Cl)cc1. The summed E-state index contributed by atoms with van der Waals surface area (Å²) in [5, 5.41) is 2.91. The summed E-state index contributed by atoms with van der Waals surface area (Å²) in [6, 6.07) is 21.6. The number of fused-ring (bicyclic) bond motifs is 1. The molecule has 0 N–H and O–H groups in total. The lowest BCUT2D eigenvalue weighted by molar-refractivity contribution is 0.0994. The Morgan fingerprint density at radius 2 is 1.64 bits per heavy atom. The van der Waals surface area contributed by atoms with Gasteiger partial charge in [-0.25, -0.2) is 0 Å². The first-order valence-electron chi connectivity index (χ1n) is 7.09. The molecule has 0 aliphatic carbocycles. The summed E-state index contributed by atoms with van der Waals surface area (Å²) in [5.74, 6) is 0.120. The van der Waals surface area contributed by atoms with Crippen LogP contribution in [0.15, 0.2) is 71.6 Å². The van der Waals surface area contributed by atoms with E-state index in [2.05, 4.69) is 30.3 Å². The van der Waals surface area contributed by atoms with Gasteiger partial charge in [0.25, 0.3) is 0 Å². The highest BCUT2D eigenvalue weighted by atomic mass is 35.5. The molecule has 0 aliphatic heterocycles. The van der Waals surface area contributed by atoms with E-state index in [0.717, 1.165) is 4.90 Å². The summed E-state index contributed by atoms with van der Waals surface area (Å²) < 4.78 is 0. The highest BCUT2D eigenvalue weighted by Gasteiger charge is 2.16. The molecule has 0 unspecified atom stereocenters. The van der Waals surface area contributed by atoms with Gasteiger partial charge in [-0.3, -0.25) is 4.79 Å². The van der Waals surface area contributed by atoms with E-state index >= 15 is 0 Å². The van der Waals surface area contributed by atoms with Crippen LogP contribution in [0.5, 0.6) is 0 Å². The molecule has 3 aromatic carbocycles. The number of hydrogen-bond acceptors (Lipinski definition) is 2. The molecule has 3 rings (SSSR count). The predicted molar refractivity (Wildman–Crippen MR) is 95.0 cm³/mol. The number of benzene rings is 3. The van der Waals surface area contributed by atoms with Gasteiger partial charge in [-0.15, -0.1) is 11.8 Å². The second-order valence-electron chi connectivity index (χ2n) is 5.14. The van der Waals surface area contributed by atoms with Crippen LogP contribution in [0.1, 0.15) is 17.3 Å². The van der Waals surface area contributed by atoms with Gasteiger partial charge in [0.15, 0.2) is 5.78 Å². The van der Waals surface area contributed by atoms with Gasteiger partial charge in [0.2, 0.25) is 0 Å². The molecule has 1 nitrogen and oxygen atoms in total. The minimum atomic E-state index is -0.137. The van der Waals surface area contributed by atoms with Gasteiger partial charge >= 0.3 is 0 Å². The van der Waals surface area contributed by atoms with Crippen LogP contribution in [0.3, 0.4) is 0 Å². The van der Waals surface area contributed by atoms with Gasteiger partial charge in [0.1, 0.15) is 0 Å². The quantitative estimate of drug-likeness (QED) is 0.441. The van der Waals surface area contributed by atoms with E-state index in [0.29, 0.717) is 10.6 Å². The van der Waals surface area contributed by atoms with Crippen LogP contribution < -0.4 is 0 Å². The predicted octanol–water partition coefficient (Wildman–Crippen LogP) is 5.86. The fourth-order valence-corrected chi connectivity index (χ4v) is 3.47. The maximum Gasteiger partial charge on any atom is 0.175 e. The average molecular weight is 327 g/mol. The van der Waals surface area contributed by atoms with Crippen LogP contribution in [-0.2, 0) is 0 Å². The van der Waals surface area contributed by atoms with Crippen LogP contribution in [-0.4, -0.2) is 11.0 Å². The molecule has 0 aromatic heterocycles. The first-order valence-corrected chi connectivity index (χ1v) is 8.34. The number of ketones is 1. The van der Waals surface area contributed by atoms with Crippen molar-refractivity contribution in [1.82, 2.24) is 0 Å². The smallest absolute Gasteiger partial charge is 0.175 e. The van der Waals surface area contributed by atoms with Crippen molar-refractivity contribution in [3.8, 4) is 0 Å². The largest absolute Gasteiger partial charge is 0.293 e. The van der Waals surface area contributed by atoms with Crippen molar-refractivity contribution in [3.63, 3.8) is 0 Å². The summed E-state index contributed by atoms with van der Waals surface area (Å²) in [6.45, 7) is 1.94. The van der Waals surface area contributed by atoms with Crippen LogP contribution in [0.25, 0.3) is 10.8 Å². The standard InChI is InChI=1S/C19H15ClOS/c1-13(19(21)15-6-9-17(20)10-7-15)22-18-11-8-14-4-2-3-5-16(14)12-18/h2-13H,1H3/t13-/m1/s1. The van der Waals surface area contributed by atoms with Crippen molar-refractivity contribution in [3.05, 3.63) is 77.3 Å². The van der Waals surface area contributed by atoms with Gasteiger partial charge in [0.05, 0.1) is 5.25 Å². The van der Waals surface area contributed by atoms with Crippen molar-refractivity contribution < 1.29 is 4.79 Å². The molecule has 0 spiro atoms. The summed E-state index contributed by atoms with van der Waals surface area (Å²) in [5.41, 5.74) is 0.699. The maximum atomic E-state index is 12.5. The third-order valence-electron chi connectivity index (χ3n) is 3.53. The van der Waals surface area contributed by atoms with Crippen molar-refractivity contribution in [2.75, 3.05) is 0 Å². The second kappa shape index (κ2) is 6.55. The van der Waals surface area contributed by atoms with E-state index in [1.165, 1.54) is 10.8 Å². The number of rotatable bonds is 4. The Bertz CT molecular complexity index is 811. The average Bonchev–Trinajstić information content (AvgIpc) is 2.55. The zero-order valence-corrected chi connectivity index (χ0v) is 13.7. The van der Waals surface area contributed by atoms with E-state index < -0.39 is 0 Å². The normalized spacial score (nSPS) is 12.3. The highest BCUT2D eigenvalue weighted by Crippen LogP contribution is 2.28. The molecule has 22 heavy (non-hydrogen) atoms. The fraction of sp³-hybridized carbons (Fsp3) is 0.105. The van der Waals surface area contributed by atoms with E-state index in [9.17, 15) is 4.79 Å². The molecule has 0 heterocycles. The Hall–Kier alpha value is -1.77. The number of carbonyl (C=O) groups is 1. The number of hydrogen-bond donors (Lipinski definition) is 0. The van der Waals surface area contributed by atoms with Crippen LogP contribution >= 0.6 is 23.4 Å². The molecule has 0 radical (unpaired) electrons. The van der Waals surface area contributed by atoms with E-state index in [4.69, 9.17) is 11.6 Å². The van der Waals surface area contributed by atoms with Crippen LogP contribution in [0, 0.1) is 0 Å². The highest BCUT2D eigenvalue weighted by molar-refractivity contribution is 8.00. The monoisotopic (exact) mass is 326 g/mol. The third-order valence-corrected chi connectivity index (χ3v) is 4.88. The minimum Gasteiger partial charge on any atom is -0.293 e. The maximum absolute atomic E-state index is 12.5. The molecule has 0 saturated heterocycles. The lowest BCUT2D eigenvalue weighted by Crippen LogP contribution is -2.13. The summed E-state index contributed by atoms with van der Waals surface area (Å²) in [6.07, 6.45) is 0. The molecular weight excluding hydrogens is 312 g/mol. The molecule has 110 valence electrons. The van der Waals surface area contributed by atoms with Gasteiger partial charge in [-0.05, 0) is 54.1 Å². The second-order valence-corrected chi connectivity index (χ2v) is 6.99. The van der Waals surface area contributed by atoms with Gasteiger partial charge in [-0.2, -0.15) is 0 Å². The van der Waals surface area contributed by atoms with Crippen LogP contribution in [0.2, 0.25) is 5.02 Å². The molecule has 0 bridgehead atoms. The Balaban J connectivity index is 1.78. The van der Waals surface area contributed by atoms with Crippen LogP contribution in [0.4, 0.5) is 0 Å². The topological polar surface area (TPSA) is 17.1 Å². The summed E-state index contributed by atoms with van der Waals surface area (Å²) in [7, 11) is 0. The Morgan fingerprint density at radius 3 is 2.36 bits per heavy atom. The number of thioether (sulfide) groups is 1. The molecule has 3 heteroatoms. The van der Waals surface area contributed by atoms with Crippen molar-refractivity contribution in [2.24, 2.45) is 0 Å². The summed E-state index contributed by atoms with van der Waals surface area (Å²) >= 11 is 7.45. The third kappa shape index (κ3) is 3.34. The first kappa shape index (κ1) is 15.1. The first-order chi connectivity index (χ1) is 10.6. The lowest BCUT2D eigenvalue weighted by Gasteiger charge is -2.11. The summed E-state index contributed by atoms with van der Waals surface area (Å²) in [4.78, 5) is 13.6. The Kier molecular flexibility index (Phi) is 4.51. The molecule has 0 amide bonds. The number of halogens is 1. The Labute approximate surface area is 139 Å². The van der Waals surface area contributed by atoms with Crippen molar-refractivity contribution in [1.29, 1.82) is 0 Å². The van der Waals surface area contributed by atoms with E-state index in [1.54, 1.807) is 36.0 Å².